The number of ether oxygens (including phenoxy) is 2. The van der Waals surface area contributed by atoms with E-state index in [-0.39, 0.29) is 17.8 Å². The molecule has 1 unspecified atom stereocenters. The highest BCUT2D eigenvalue weighted by Crippen LogP contribution is 2.47. The third kappa shape index (κ3) is 4.92. The highest BCUT2D eigenvalue weighted by Gasteiger charge is 2.47. The van der Waals surface area contributed by atoms with Crippen LogP contribution in [0.15, 0.2) is 70.9 Å². The lowest BCUT2D eigenvalue weighted by molar-refractivity contribution is -0.140. The lowest BCUT2D eigenvalue weighted by Gasteiger charge is -2.41. The summed E-state index contributed by atoms with van der Waals surface area (Å²) >= 11 is 0. The van der Waals surface area contributed by atoms with Crippen LogP contribution in [0.2, 0.25) is 0 Å². The number of carbonyl (C=O) groups is 2. The first-order valence-corrected chi connectivity index (χ1v) is 11.5. The Labute approximate surface area is 195 Å². The molecule has 0 spiro atoms. The number of benzene rings is 2. The number of hydrogen-bond acceptors (Lipinski definition) is 5. The first-order chi connectivity index (χ1) is 15.8. The number of Topliss-reactive ketones (excluding diaryl/α,β-unsaturated/α-hetero) is 1. The molecule has 5 heteroatoms. The van der Waals surface area contributed by atoms with Crippen molar-refractivity contribution in [3.8, 4) is 5.75 Å². The minimum absolute atomic E-state index is 0.129. The molecule has 4 rings (SSSR count). The van der Waals surface area contributed by atoms with Gasteiger partial charge in [-0.3, -0.25) is 9.79 Å². The van der Waals surface area contributed by atoms with Crippen LogP contribution in [0.1, 0.15) is 57.6 Å². The normalized spacial score (nSPS) is 21.8. The molecule has 2 aromatic rings. The quantitative estimate of drug-likeness (QED) is 0.539. The zero-order chi connectivity index (χ0) is 23.6. The Morgan fingerprint density at radius 2 is 1.73 bits per heavy atom. The smallest absolute Gasteiger partial charge is 0.336 e. The molecule has 2 aliphatic rings. The van der Waals surface area contributed by atoms with Crippen LogP contribution in [0.5, 0.6) is 5.75 Å². The molecule has 2 aromatic carbocycles. The summed E-state index contributed by atoms with van der Waals surface area (Å²) in [4.78, 5) is 31.5. The van der Waals surface area contributed by atoms with Crippen molar-refractivity contribution in [3.05, 3.63) is 77.0 Å². The van der Waals surface area contributed by atoms with Gasteiger partial charge in [0.15, 0.2) is 0 Å². The van der Waals surface area contributed by atoms with Crippen molar-refractivity contribution in [1.29, 1.82) is 0 Å². The van der Waals surface area contributed by atoms with Crippen molar-refractivity contribution < 1.29 is 19.1 Å². The zero-order valence-corrected chi connectivity index (χ0v) is 19.8. The van der Waals surface area contributed by atoms with Gasteiger partial charge in [-0.15, -0.1) is 0 Å². The minimum atomic E-state index is -0.445. The third-order valence-corrected chi connectivity index (χ3v) is 6.35. The van der Waals surface area contributed by atoms with E-state index in [1.165, 1.54) is 0 Å². The average molecular weight is 446 g/mol. The van der Waals surface area contributed by atoms with Gasteiger partial charge in [-0.25, -0.2) is 4.79 Å². The number of carbonyl (C=O) groups excluding carboxylic acids is 2. The second kappa shape index (κ2) is 9.34. The molecule has 5 nitrogen and oxygen atoms in total. The number of ketones is 1. The van der Waals surface area contributed by atoms with E-state index < -0.39 is 17.8 Å². The monoisotopic (exact) mass is 445 g/mol. The lowest BCUT2D eigenvalue weighted by atomic mass is 9.63. The first-order valence-electron chi connectivity index (χ1n) is 11.5. The molecular formula is C28H31NO4. The summed E-state index contributed by atoms with van der Waals surface area (Å²) in [5.41, 5.74) is 3.64. The summed E-state index contributed by atoms with van der Waals surface area (Å²) in [6, 6.07) is 17.3. The van der Waals surface area contributed by atoms with Crippen molar-refractivity contribution in [2.24, 2.45) is 16.3 Å². The largest absolute Gasteiger partial charge is 0.494 e. The second-order valence-corrected chi connectivity index (χ2v) is 9.61. The van der Waals surface area contributed by atoms with Gasteiger partial charge in [-0.2, -0.15) is 0 Å². The first kappa shape index (κ1) is 23.0. The Morgan fingerprint density at radius 3 is 2.39 bits per heavy atom. The zero-order valence-electron chi connectivity index (χ0n) is 19.8. The molecule has 172 valence electrons. The van der Waals surface area contributed by atoms with Crippen LogP contribution < -0.4 is 4.74 Å². The summed E-state index contributed by atoms with van der Waals surface area (Å²) in [5.74, 6) is -0.393. The summed E-state index contributed by atoms with van der Waals surface area (Å²) in [6.45, 7) is 8.72. The molecule has 1 fully saturated rings. The van der Waals surface area contributed by atoms with Crippen LogP contribution in [0.25, 0.3) is 0 Å². The van der Waals surface area contributed by atoms with Crippen LogP contribution in [0.4, 0.5) is 0 Å². The van der Waals surface area contributed by atoms with Crippen LogP contribution in [-0.2, 0) is 20.9 Å². The molecular weight excluding hydrogens is 414 g/mol. The molecule has 0 aromatic heterocycles. The van der Waals surface area contributed by atoms with Crippen molar-refractivity contribution in [2.45, 2.75) is 53.1 Å². The lowest BCUT2D eigenvalue weighted by Crippen LogP contribution is -2.44. The van der Waals surface area contributed by atoms with Crippen molar-refractivity contribution in [3.63, 3.8) is 0 Å². The van der Waals surface area contributed by atoms with Gasteiger partial charge in [-0.05, 0) is 48.9 Å². The maximum atomic E-state index is 13.4. The molecule has 1 aliphatic heterocycles. The van der Waals surface area contributed by atoms with Gasteiger partial charge in [0.2, 0.25) is 0 Å². The summed E-state index contributed by atoms with van der Waals surface area (Å²) < 4.78 is 11.3. The van der Waals surface area contributed by atoms with Gasteiger partial charge < -0.3 is 9.47 Å². The maximum absolute atomic E-state index is 13.4. The summed E-state index contributed by atoms with van der Waals surface area (Å²) in [7, 11) is 0. The van der Waals surface area contributed by atoms with E-state index >= 15 is 0 Å². The molecule has 0 radical (unpaired) electrons. The summed E-state index contributed by atoms with van der Waals surface area (Å²) in [6.07, 6.45) is 1.20. The Hall–Kier alpha value is -3.21. The van der Waals surface area contributed by atoms with Crippen LogP contribution in [0.3, 0.4) is 0 Å². The van der Waals surface area contributed by atoms with E-state index in [1.807, 2.05) is 68.4 Å². The highest BCUT2D eigenvalue weighted by atomic mass is 16.5. The van der Waals surface area contributed by atoms with Crippen molar-refractivity contribution >= 4 is 17.5 Å². The van der Waals surface area contributed by atoms with E-state index in [4.69, 9.17) is 14.5 Å². The number of allylic oxidation sites excluding steroid dienone is 1. The van der Waals surface area contributed by atoms with E-state index in [1.54, 1.807) is 0 Å². The number of esters is 1. The molecule has 2 atom stereocenters. The Kier molecular flexibility index (Phi) is 6.50. The van der Waals surface area contributed by atoms with Gasteiger partial charge in [0, 0.05) is 23.7 Å². The predicted molar refractivity (Wildman–Crippen MR) is 128 cm³/mol. The number of nitrogens with zero attached hydrogens (tertiary/aromatic N) is 1. The third-order valence-electron chi connectivity index (χ3n) is 6.35. The van der Waals surface area contributed by atoms with Gasteiger partial charge in [0.25, 0.3) is 0 Å². The molecule has 0 amide bonds. The topological polar surface area (TPSA) is 65.0 Å². The molecule has 0 N–H and O–H groups in total. The second-order valence-electron chi connectivity index (χ2n) is 9.61. The fraction of sp³-hybridized carbons (Fsp3) is 0.393. The predicted octanol–water partition coefficient (Wildman–Crippen LogP) is 5.65. The number of fused-ring (bicyclic) bond motifs is 1. The number of hydrogen-bond donors (Lipinski definition) is 0. The molecule has 1 saturated carbocycles. The fourth-order valence-electron chi connectivity index (χ4n) is 4.96. The SMILES string of the molecule is CCOc1ccc([C@H]2C(C(=O)OCc3ccccc3)=C(C)N=C3CC(C)(C)CC(=O)C32)cc1. The number of aliphatic imine (C=N–C) groups is 1. The Morgan fingerprint density at radius 1 is 1.03 bits per heavy atom. The molecule has 33 heavy (non-hydrogen) atoms. The highest BCUT2D eigenvalue weighted by molar-refractivity contribution is 6.12. The Bertz CT molecular complexity index is 1100. The fourth-order valence-corrected chi connectivity index (χ4v) is 4.96. The maximum Gasteiger partial charge on any atom is 0.336 e. The molecule has 0 bridgehead atoms. The number of rotatable bonds is 6. The van der Waals surface area contributed by atoms with Crippen LogP contribution in [-0.4, -0.2) is 24.1 Å². The molecule has 0 saturated heterocycles. The minimum Gasteiger partial charge on any atom is -0.494 e. The van der Waals surface area contributed by atoms with Gasteiger partial charge in [0.05, 0.1) is 18.1 Å². The standard InChI is InChI=1S/C28H31NO4/c1-5-32-21-13-11-20(12-14-21)25-24(27(31)33-17-19-9-7-6-8-10-19)18(2)29-22-15-28(3,4)16-23(30)26(22)25/h6-14,25-26H,5,15-17H2,1-4H3/t25-,26?/m0/s1. The van der Waals surface area contributed by atoms with Crippen LogP contribution >= 0.6 is 0 Å². The van der Waals surface area contributed by atoms with Crippen molar-refractivity contribution in [1.82, 2.24) is 0 Å². The van der Waals surface area contributed by atoms with E-state index in [0.717, 1.165) is 29.0 Å². The van der Waals surface area contributed by atoms with Crippen molar-refractivity contribution in [2.75, 3.05) is 6.61 Å². The van der Waals surface area contributed by atoms with E-state index in [2.05, 4.69) is 13.8 Å². The van der Waals surface area contributed by atoms with Gasteiger partial charge in [-0.1, -0.05) is 56.3 Å². The van der Waals surface area contributed by atoms with E-state index in [0.29, 0.717) is 24.3 Å². The van der Waals surface area contributed by atoms with Gasteiger partial charge >= 0.3 is 5.97 Å². The van der Waals surface area contributed by atoms with Gasteiger partial charge in [0.1, 0.15) is 18.1 Å². The van der Waals surface area contributed by atoms with Crippen LogP contribution in [0, 0.1) is 11.3 Å². The Balaban J connectivity index is 1.72. The summed E-state index contributed by atoms with van der Waals surface area (Å²) in [5, 5.41) is 0. The molecule has 1 aliphatic carbocycles. The molecule has 1 heterocycles. The average Bonchev–Trinajstić information content (AvgIpc) is 2.77. The van der Waals surface area contributed by atoms with E-state index in [9.17, 15) is 9.59 Å².